The van der Waals surface area contributed by atoms with Crippen LogP contribution in [0, 0.1) is 5.92 Å². The Morgan fingerprint density at radius 1 is 1.21 bits per heavy atom. The second-order valence-corrected chi connectivity index (χ2v) is 10.3. The molecule has 1 aliphatic carbocycles. The van der Waals surface area contributed by atoms with Gasteiger partial charge in [0, 0.05) is 17.5 Å². The molecule has 0 aliphatic heterocycles. The predicted molar refractivity (Wildman–Crippen MR) is 135 cm³/mol. The summed E-state index contributed by atoms with van der Waals surface area (Å²) < 4.78 is 34.5. The van der Waals surface area contributed by atoms with Crippen LogP contribution < -0.4 is 9.62 Å². The van der Waals surface area contributed by atoms with Crippen molar-refractivity contribution in [3.8, 4) is 0 Å². The van der Waals surface area contributed by atoms with Crippen molar-refractivity contribution in [1.29, 1.82) is 0 Å². The predicted octanol–water partition coefficient (Wildman–Crippen LogP) is 5.41. The molecule has 4 rings (SSSR count). The van der Waals surface area contributed by atoms with E-state index in [1.165, 1.54) is 25.3 Å². The summed E-state index contributed by atoms with van der Waals surface area (Å²) in [4.78, 5) is 13.3. The third-order valence-corrected chi connectivity index (χ3v) is 7.69. The molecule has 1 heterocycles. The lowest BCUT2D eigenvalue weighted by molar-refractivity contribution is 0.0920. The molecule has 0 saturated heterocycles. The van der Waals surface area contributed by atoms with Crippen molar-refractivity contribution in [2.45, 2.75) is 51.5 Å². The number of rotatable bonds is 8. The van der Waals surface area contributed by atoms with Crippen molar-refractivity contribution < 1.29 is 13.6 Å². The molecule has 0 radical (unpaired) electrons. The van der Waals surface area contributed by atoms with E-state index in [9.17, 15) is 13.6 Å². The molecule has 1 fully saturated rings. The molecular formula is C24H26ClN4O3S2-. The lowest BCUT2D eigenvalue weighted by atomic mass is 9.84. The Morgan fingerprint density at radius 2 is 1.94 bits per heavy atom. The van der Waals surface area contributed by atoms with Crippen molar-refractivity contribution in [3.05, 3.63) is 70.4 Å². The Balaban J connectivity index is 1.66. The normalized spacial score (nSPS) is 16.1. The van der Waals surface area contributed by atoms with Crippen LogP contribution in [0.2, 0.25) is 5.02 Å². The van der Waals surface area contributed by atoms with E-state index in [1.54, 1.807) is 12.1 Å². The maximum atomic E-state index is 13.3. The maximum absolute atomic E-state index is 13.3. The van der Waals surface area contributed by atoms with E-state index >= 15 is 0 Å². The van der Waals surface area contributed by atoms with Crippen LogP contribution >= 0.6 is 23.3 Å². The summed E-state index contributed by atoms with van der Waals surface area (Å²) in [5.74, 6) is 0.241. The van der Waals surface area contributed by atoms with Crippen molar-refractivity contribution in [2.75, 3.05) is 4.31 Å². The molecule has 180 valence electrons. The Labute approximate surface area is 211 Å². The van der Waals surface area contributed by atoms with Crippen molar-refractivity contribution in [3.63, 3.8) is 0 Å². The first kappa shape index (κ1) is 24.8. The zero-order chi connectivity index (χ0) is 24.1. The monoisotopic (exact) mass is 517 g/mol. The van der Waals surface area contributed by atoms with Crippen LogP contribution in [0.1, 0.15) is 60.6 Å². The minimum Gasteiger partial charge on any atom is -0.755 e. The molecule has 7 nitrogen and oxygen atoms in total. The van der Waals surface area contributed by atoms with Crippen LogP contribution in [0.4, 0.5) is 11.5 Å². The van der Waals surface area contributed by atoms with Crippen LogP contribution in [0.15, 0.2) is 48.5 Å². The van der Waals surface area contributed by atoms with Gasteiger partial charge in [0.1, 0.15) is 5.69 Å². The van der Waals surface area contributed by atoms with Gasteiger partial charge in [-0.1, -0.05) is 61.2 Å². The molecule has 2 atom stereocenters. The number of nitrogens with one attached hydrogen (secondary N) is 1. The van der Waals surface area contributed by atoms with Gasteiger partial charge in [-0.25, -0.2) is 0 Å². The van der Waals surface area contributed by atoms with Gasteiger partial charge in [-0.3, -0.25) is 13.3 Å². The van der Waals surface area contributed by atoms with Crippen molar-refractivity contribution >= 4 is 52.0 Å². The fourth-order valence-electron chi connectivity index (χ4n) is 4.42. The standard InChI is InChI=1S/C24H27ClN4O3S2/c1-16(18-10-6-3-7-11-18)26-24(30)20-13-12-19(25)15-22(20)29(34(31)32)23-21(27-33-28-23)14-17-8-4-2-5-9-17/h2,4-5,8-9,12-13,15-16,18H,3,6-7,10-11,14H2,1H3,(H,26,30)(H,31,32)/p-1. The fraction of sp³-hybridized carbons (Fsp3) is 0.375. The second-order valence-electron chi connectivity index (χ2n) is 8.53. The van der Waals surface area contributed by atoms with E-state index in [1.807, 2.05) is 37.3 Å². The fourth-order valence-corrected chi connectivity index (χ4v) is 5.79. The van der Waals surface area contributed by atoms with Gasteiger partial charge in [0.05, 0.1) is 34.2 Å². The van der Waals surface area contributed by atoms with Crippen LogP contribution in [0.3, 0.4) is 0 Å². The van der Waals surface area contributed by atoms with Crippen molar-refractivity contribution in [2.24, 2.45) is 5.92 Å². The minimum absolute atomic E-state index is 0.0166. The van der Waals surface area contributed by atoms with E-state index in [0.29, 0.717) is 23.1 Å². The highest BCUT2D eigenvalue weighted by Gasteiger charge is 2.27. The number of anilines is 2. The van der Waals surface area contributed by atoms with Gasteiger partial charge in [-0.15, -0.1) is 0 Å². The number of amides is 1. The first-order valence-corrected chi connectivity index (χ1v) is 13.4. The van der Waals surface area contributed by atoms with Gasteiger partial charge in [-0.05, 0) is 49.4 Å². The van der Waals surface area contributed by atoms with Crippen LogP contribution in [-0.4, -0.2) is 29.5 Å². The molecule has 0 spiro atoms. The average molecular weight is 518 g/mol. The Morgan fingerprint density at radius 3 is 2.65 bits per heavy atom. The zero-order valence-electron chi connectivity index (χ0n) is 18.8. The van der Waals surface area contributed by atoms with Crippen LogP contribution in [0.5, 0.6) is 0 Å². The molecule has 0 bridgehead atoms. The topological polar surface area (TPSA) is 98.2 Å². The van der Waals surface area contributed by atoms with Gasteiger partial charge in [0.25, 0.3) is 5.91 Å². The molecule has 10 heteroatoms. The summed E-state index contributed by atoms with van der Waals surface area (Å²) in [6.07, 6.45) is 6.14. The number of hydrogen-bond donors (Lipinski definition) is 1. The number of benzene rings is 2. The highest BCUT2D eigenvalue weighted by molar-refractivity contribution is 7.81. The van der Waals surface area contributed by atoms with Crippen molar-refractivity contribution in [1.82, 2.24) is 14.1 Å². The Kier molecular flexibility index (Phi) is 8.31. The molecule has 34 heavy (non-hydrogen) atoms. The van der Waals surface area contributed by atoms with E-state index in [0.717, 1.165) is 34.4 Å². The minimum atomic E-state index is -2.76. The molecule has 1 aromatic heterocycles. The van der Waals surface area contributed by atoms with E-state index in [4.69, 9.17) is 11.6 Å². The quantitative estimate of drug-likeness (QED) is 0.402. The molecule has 2 unspecified atom stereocenters. The molecule has 1 saturated carbocycles. The SMILES string of the molecule is CC(NC(=O)c1ccc(Cl)cc1N(c1nsnc1Cc1ccccc1)S(=O)[O-])C1CCCCC1. The van der Waals surface area contributed by atoms with Crippen LogP contribution in [-0.2, 0) is 17.7 Å². The Bertz CT molecular complexity index is 1150. The first-order valence-electron chi connectivity index (χ1n) is 11.3. The van der Waals surface area contributed by atoms with Gasteiger partial charge in [0.2, 0.25) is 0 Å². The summed E-state index contributed by atoms with van der Waals surface area (Å²) in [6.45, 7) is 2.01. The Hall–Kier alpha value is -2.33. The number of carbonyl (C=O) groups is 1. The molecule has 1 amide bonds. The van der Waals surface area contributed by atoms with Gasteiger partial charge in [-0.2, -0.15) is 8.75 Å². The summed E-state index contributed by atoms with van der Waals surface area (Å²) in [6, 6.07) is 14.2. The number of carbonyl (C=O) groups excluding carboxylic acids is 1. The zero-order valence-corrected chi connectivity index (χ0v) is 21.2. The molecule has 3 aromatic rings. The molecule has 1 aliphatic rings. The van der Waals surface area contributed by atoms with E-state index < -0.39 is 11.3 Å². The smallest absolute Gasteiger partial charge is 0.253 e. The summed E-state index contributed by atoms with van der Waals surface area (Å²) in [5.41, 5.74) is 1.84. The van der Waals surface area contributed by atoms with Gasteiger partial charge < -0.3 is 9.87 Å². The number of halogens is 1. The average Bonchev–Trinajstić information content (AvgIpc) is 3.27. The largest absolute Gasteiger partial charge is 0.755 e. The van der Waals surface area contributed by atoms with Gasteiger partial charge >= 0.3 is 0 Å². The number of hydrogen-bond acceptors (Lipinski definition) is 6. The lowest BCUT2D eigenvalue weighted by Crippen LogP contribution is -2.39. The van der Waals surface area contributed by atoms with E-state index in [-0.39, 0.29) is 29.0 Å². The highest BCUT2D eigenvalue weighted by Crippen LogP contribution is 2.35. The second kappa shape index (κ2) is 11.4. The molecule has 1 N–H and O–H groups in total. The number of aromatic nitrogens is 2. The van der Waals surface area contributed by atoms with Gasteiger partial charge in [0.15, 0.2) is 5.82 Å². The number of nitrogens with zero attached hydrogens (tertiary/aromatic N) is 3. The molecular weight excluding hydrogens is 492 g/mol. The van der Waals surface area contributed by atoms with E-state index in [2.05, 4.69) is 14.1 Å². The summed E-state index contributed by atoms with van der Waals surface area (Å²) in [5, 5.41) is 3.39. The first-order chi connectivity index (χ1) is 16.4. The summed E-state index contributed by atoms with van der Waals surface area (Å²) in [7, 11) is 0. The summed E-state index contributed by atoms with van der Waals surface area (Å²) >= 11 is 4.41. The maximum Gasteiger partial charge on any atom is 0.253 e. The van der Waals surface area contributed by atoms with Crippen LogP contribution in [0.25, 0.3) is 0 Å². The highest BCUT2D eigenvalue weighted by atomic mass is 35.5. The molecule has 2 aromatic carbocycles. The third-order valence-electron chi connectivity index (χ3n) is 6.23. The lowest BCUT2D eigenvalue weighted by Gasteiger charge is -2.30. The third kappa shape index (κ3) is 5.83.